The zero-order valence-electron chi connectivity index (χ0n) is 23.1. The summed E-state index contributed by atoms with van der Waals surface area (Å²) in [5.74, 6) is 0.587. The maximum atomic E-state index is 13.8. The van der Waals surface area contributed by atoms with Crippen LogP contribution in [0.15, 0.2) is 79.4 Å². The number of fused-ring (bicyclic) bond motifs is 2. The molecule has 1 heterocycles. The minimum absolute atomic E-state index is 0.0179. The minimum Gasteiger partial charge on any atom is -0.497 e. The number of ether oxygens (including phenoxy) is 2. The van der Waals surface area contributed by atoms with Crippen LogP contribution >= 0.6 is 0 Å². The average Bonchev–Trinajstić information content (AvgIpc) is 2.96. The number of hydrogen-bond donors (Lipinski definition) is 0. The Morgan fingerprint density at radius 3 is 2.64 bits per heavy atom. The molecule has 0 spiro atoms. The van der Waals surface area contributed by atoms with Gasteiger partial charge >= 0.3 is 5.97 Å². The lowest BCUT2D eigenvalue weighted by Gasteiger charge is -2.56. The smallest absolute Gasteiger partial charge is 0.302 e. The van der Waals surface area contributed by atoms with E-state index in [1.54, 1.807) is 7.11 Å². The standard InChI is InChI=1S/C33H38N2O4/c1-5-16-35-17-15-33(27-11-8-12-29(19-27)38-4)21-28(20-31(30(33)22-35)39-23(2)36)34(3)32(37)26-14-13-24-9-6-7-10-25(24)18-26/h5-14,18-19,28,30-31H,1,15-17,20-22H2,2-4H3/t28-,30-,31?,33-/m0/s1. The Hall–Kier alpha value is -3.64. The van der Waals surface area contributed by atoms with Gasteiger partial charge in [-0.2, -0.15) is 0 Å². The summed E-state index contributed by atoms with van der Waals surface area (Å²) in [7, 11) is 3.57. The Kier molecular flexibility index (Phi) is 7.76. The fourth-order valence-corrected chi connectivity index (χ4v) is 6.84. The summed E-state index contributed by atoms with van der Waals surface area (Å²) in [4.78, 5) is 30.4. The van der Waals surface area contributed by atoms with E-state index in [2.05, 4.69) is 29.7 Å². The van der Waals surface area contributed by atoms with Crippen LogP contribution in [-0.4, -0.2) is 67.6 Å². The van der Waals surface area contributed by atoms with Crippen LogP contribution < -0.4 is 4.74 Å². The highest BCUT2D eigenvalue weighted by Crippen LogP contribution is 2.51. The third-order valence-electron chi connectivity index (χ3n) is 8.81. The van der Waals surface area contributed by atoms with Gasteiger partial charge in [0.15, 0.2) is 0 Å². The molecule has 5 rings (SSSR count). The van der Waals surface area contributed by atoms with Gasteiger partial charge in [-0.25, -0.2) is 0 Å². The van der Waals surface area contributed by atoms with Crippen molar-refractivity contribution in [2.24, 2.45) is 5.92 Å². The lowest BCUT2D eigenvalue weighted by Crippen LogP contribution is -2.61. The van der Waals surface area contributed by atoms with Crippen LogP contribution in [0.4, 0.5) is 0 Å². The van der Waals surface area contributed by atoms with Crippen LogP contribution in [-0.2, 0) is 14.9 Å². The number of rotatable bonds is 7. The van der Waals surface area contributed by atoms with E-state index in [0.717, 1.165) is 49.0 Å². The van der Waals surface area contributed by atoms with Crippen LogP contribution in [0.1, 0.15) is 42.1 Å². The number of methoxy groups -OCH3 is 1. The van der Waals surface area contributed by atoms with Gasteiger partial charge in [0.2, 0.25) is 0 Å². The summed E-state index contributed by atoms with van der Waals surface area (Å²) in [6, 6.07) is 22.1. The van der Waals surface area contributed by atoms with Gasteiger partial charge in [0, 0.05) is 56.4 Å². The first-order chi connectivity index (χ1) is 18.8. The van der Waals surface area contributed by atoms with E-state index in [0.29, 0.717) is 12.0 Å². The number of likely N-dealkylation sites (tertiary alicyclic amines) is 1. The fourth-order valence-electron chi connectivity index (χ4n) is 6.84. The lowest BCUT2D eigenvalue weighted by molar-refractivity contribution is -0.158. The van der Waals surface area contributed by atoms with Crippen LogP contribution in [0, 0.1) is 5.92 Å². The molecule has 204 valence electrons. The maximum Gasteiger partial charge on any atom is 0.302 e. The molecular weight excluding hydrogens is 488 g/mol. The fraction of sp³-hybridized carbons (Fsp3) is 0.394. The van der Waals surface area contributed by atoms with Gasteiger partial charge in [0.1, 0.15) is 11.9 Å². The largest absolute Gasteiger partial charge is 0.497 e. The van der Waals surface area contributed by atoms with Gasteiger partial charge in [-0.1, -0.05) is 48.5 Å². The summed E-state index contributed by atoms with van der Waals surface area (Å²) < 4.78 is 11.7. The first-order valence-corrected chi connectivity index (χ1v) is 13.8. The summed E-state index contributed by atoms with van der Waals surface area (Å²) >= 11 is 0. The highest BCUT2D eigenvalue weighted by molar-refractivity contribution is 5.98. The zero-order chi connectivity index (χ0) is 27.6. The third kappa shape index (κ3) is 5.30. The second-order valence-electron chi connectivity index (χ2n) is 11.0. The molecule has 1 aliphatic heterocycles. The van der Waals surface area contributed by atoms with Crippen LogP contribution in [0.3, 0.4) is 0 Å². The summed E-state index contributed by atoms with van der Waals surface area (Å²) in [6.45, 7) is 7.92. The van der Waals surface area contributed by atoms with Crippen molar-refractivity contribution in [3.63, 3.8) is 0 Å². The molecule has 1 saturated heterocycles. The molecule has 0 radical (unpaired) electrons. The van der Waals surface area contributed by atoms with E-state index in [4.69, 9.17) is 9.47 Å². The second-order valence-corrected chi connectivity index (χ2v) is 11.0. The number of nitrogens with zero attached hydrogens (tertiary/aromatic N) is 2. The van der Waals surface area contributed by atoms with E-state index in [1.807, 2.05) is 66.6 Å². The minimum atomic E-state index is -0.313. The van der Waals surface area contributed by atoms with Crippen LogP contribution in [0.25, 0.3) is 10.8 Å². The van der Waals surface area contributed by atoms with E-state index >= 15 is 0 Å². The molecule has 1 amide bonds. The van der Waals surface area contributed by atoms with Crippen LogP contribution in [0.2, 0.25) is 0 Å². The van der Waals surface area contributed by atoms with Crippen molar-refractivity contribution < 1.29 is 19.1 Å². The topological polar surface area (TPSA) is 59.1 Å². The van der Waals surface area contributed by atoms with Crippen molar-refractivity contribution in [3.8, 4) is 5.75 Å². The summed E-state index contributed by atoms with van der Waals surface area (Å²) in [5, 5.41) is 2.15. The van der Waals surface area contributed by atoms with Crippen molar-refractivity contribution in [1.29, 1.82) is 0 Å². The number of amides is 1. The number of hydrogen-bond acceptors (Lipinski definition) is 5. The Bertz CT molecular complexity index is 1370. The molecule has 39 heavy (non-hydrogen) atoms. The second kappa shape index (κ2) is 11.2. The average molecular weight is 527 g/mol. The molecule has 2 aliphatic rings. The van der Waals surface area contributed by atoms with Gasteiger partial charge in [0.25, 0.3) is 5.91 Å². The molecule has 4 atom stereocenters. The maximum absolute atomic E-state index is 13.8. The Morgan fingerprint density at radius 1 is 1.10 bits per heavy atom. The molecule has 1 saturated carbocycles. The molecule has 1 aliphatic carbocycles. The van der Waals surface area contributed by atoms with Crippen LogP contribution in [0.5, 0.6) is 5.75 Å². The lowest BCUT2D eigenvalue weighted by atomic mass is 9.56. The SMILES string of the molecule is C=CCN1CC[C@@]2(c3cccc(OC)c3)C[C@@H](N(C)C(=O)c3ccc4ccccc4c3)CC(OC(C)=O)[C@@H]2C1. The Labute approximate surface area is 231 Å². The molecule has 2 fully saturated rings. The number of benzene rings is 3. The van der Waals surface area contributed by atoms with Gasteiger partial charge < -0.3 is 14.4 Å². The molecule has 6 nitrogen and oxygen atoms in total. The summed E-state index contributed by atoms with van der Waals surface area (Å²) in [5.41, 5.74) is 1.57. The quantitative estimate of drug-likeness (QED) is 0.302. The van der Waals surface area contributed by atoms with Gasteiger partial charge in [0.05, 0.1) is 7.11 Å². The van der Waals surface area contributed by atoms with Crippen molar-refractivity contribution in [3.05, 3.63) is 90.5 Å². The molecule has 1 unspecified atom stereocenters. The van der Waals surface area contributed by atoms with Crippen molar-refractivity contribution in [1.82, 2.24) is 9.80 Å². The molecule has 3 aromatic carbocycles. The number of carbonyl (C=O) groups excluding carboxylic acids is 2. The third-order valence-corrected chi connectivity index (χ3v) is 8.81. The molecular formula is C33H38N2O4. The number of esters is 1. The normalized spacial score (nSPS) is 24.9. The molecule has 0 aromatic heterocycles. The predicted molar refractivity (Wildman–Crippen MR) is 154 cm³/mol. The predicted octanol–water partition coefficient (Wildman–Crippen LogP) is 5.46. The molecule has 0 N–H and O–H groups in total. The first-order valence-electron chi connectivity index (χ1n) is 13.8. The molecule has 0 bridgehead atoms. The monoisotopic (exact) mass is 526 g/mol. The zero-order valence-corrected chi connectivity index (χ0v) is 23.1. The molecule has 3 aromatic rings. The Balaban J connectivity index is 1.53. The van der Waals surface area contributed by atoms with Crippen molar-refractivity contribution >= 4 is 22.6 Å². The number of carbonyl (C=O) groups is 2. The highest BCUT2D eigenvalue weighted by atomic mass is 16.5. The van der Waals surface area contributed by atoms with Gasteiger partial charge in [-0.05, 0) is 60.0 Å². The van der Waals surface area contributed by atoms with E-state index in [1.165, 1.54) is 12.5 Å². The van der Waals surface area contributed by atoms with Gasteiger partial charge in [-0.3, -0.25) is 14.5 Å². The molecule has 6 heteroatoms. The first kappa shape index (κ1) is 26.9. The van der Waals surface area contributed by atoms with E-state index in [9.17, 15) is 9.59 Å². The van der Waals surface area contributed by atoms with E-state index < -0.39 is 0 Å². The Morgan fingerprint density at radius 2 is 1.90 bits per heavy atom. The number of piperidine rings is 1. The summed E-state index contributed by atoms with van der Waals surface area (Å²) in [6.07, 6.45) is 3.91. The van der Waals surface area contributed by atoms with E-state index in [-0.39, 0.29) is 35.4 Å². The van der Waals surface area contributed by atoms with Crippen molar-refractivity contribution in [2.45, 2.75) is 43.7 Å². The highest BCUT2D eigenvalue weighted by Gasteiger charge is 2.54. The van der Waals surface area contributed by atoms with Gasteiger partial charge in [-0.15, -0.1) is 6.58 Å². The van der Waals surface area contributed by atoms with Crippen molar-refractivity contribution in [2.75, 3.05) is 33.8 Å².